The Hall–Kier alpha value is -0.990. The van der Waals surface area contributed by atoms with Gasteiger partial charge in [0.15, 0.2) is 19.7 Å². The zero-order valence-electron chi connectivity index (χ0n) is 11.2. The maximum Gasteiger partial charge on any atom is 0.179 e. The fourth-order valence-corrected chi connectivity index (χ4v) is 4.93. The fraction of sp³-hybridized carbons (Fsp3) is 0.500. The van der Waals surface area contributed by atoms with E-state index in [4.69, 9.17) is 0 Å². The van der Waals surface area contributed by atoms with Crippen LogP contribution in [0.4, 0.5) is 4.39 Å². The average molecular weight is 321 g/mol. The third-order valence-electron chi connectivity index (χ3n) is 3.33. The molecular formula is C12H16FNO4S2. The van der Waals surface area contributed by atoms with Crippen molar-refractivity contribution < 1.29 is 21.2 Å². The van der Waals surface area contributed by atoms with Crippen molar-refractivity contribution in [1.29, 1.82) is 0 Å². The fourth-order valence-electron chi connectivity index (χ4n) is 2.40. The molecular weight excluding hydrogens is 305 g/mol. The third kappa shape index (κ3) is 3.02. The molecule has 8 heteroatoms. The summed E-state index contributed by atoms with van der Waals surface area (Å²) in [4.78, 5) is -1.20. The van der Waals surface area contributed by atoms with Crippen molar-refractivity contribution in [2.45, 2.75) is 22.1 Å². The standard InChI is InChI=1S/C12H16FNO4S2/c1-19(15,16)11-6-9(8-3-4-14-7-8)5-10(13)12(11)20(2,17)18/h5-6,8,14H,3-4,7H2,1-2H3. The monoisotopic (exact) mass is 321 g/mol. The molecule has 0 aromatic heterocycles. The molecule has 112 valence electrons. The van der Waals surface area contributed by atoms with Gasteiger partial charge in [0.05, 0.1) is 4.90 Å². The number of benzene rings is 1. The van der Waals surface area contributed by atoms with Gasteiger partial charge in [0.25, 0.3) is 0 Å². The van der Waals surface area contributed by atoms with Crippen LogP contribution in [0.25, 0.3) is 0 Å². The van der Waals surface area contributed by atoms with Crippen LogP contribution in [0.15, 0.2) is 21.9 Å². The lowest BCUT2D eigenvalue weighted by Crippen LogP contribution is -2.13. The van der Waals surface area contributed by atoms with E-state index in [1.165, 1.54) is 6.07 Å². The van der Waals surface area contributed by atoms with Gasteiger partial charge in [-0.15, -0.1) is 0 Å². The van der Waals surface area contributed by atoms with Gasteiger partial charge in [-0.3, -0.25) is 0 Å². The van der Waals surface area contributed by atoms with Gasteiger partial charge in [0.2, 0.25) is 0 Å². The van der Waals surface area contributed by atoms with Crippen molar-refractivity contribution in [2.24, 2.45) is 0 Å². The minimum absolute atomic E-state index is 0.00129. The lowest BCUT2D eigenvalue weighted by molar-refractivity contribution is 0.550. The van der Waals surface area contributed by atoms with E-state index in [1.54, 1.807) is 0 Å². The molecule has 0 amide bonds. The van der Waals surface area contributed by atoms with E-state index in [2.05, 4.69) is 5.32 Å². The van der Waals surface area contributed by atoms with E-state index in [1.807, 2.05) is 0 Å². The van der Waals surface area contributed by atoms with Crippen LogP contribution in [0.5, 0.6) is 0 Å². The molecule has 1 aliphatic heterocycles. The summed E-state index contributed by atoms with van der Waals surface area (Å²) in [6, 6.07) is 2.41. The van der Waals surface area contributed by atoms with Crippen LogP contribution in [0, 0.1) is 5.82 Å². The molecule has 1 heterocycles. The molecule has 1 atom stereocenters. The molecule has 0 spiro atoms. The SMILES string of the molecule is CS(=O)(=O)c1cc(C2CCNC2)cc(F)c1S(C)(=O)=O. The average Bonchev–Trinajstić information content (AvgIpc) is 2.77. The van der Waals surface area contributed by atoms with E-state index in [0.717, 1.165) is 31.5 Å². The van der Waals surface area contributed by atoms with E-state index in [0.29, 0.717) is 12.1 Å². The van der Waals surface area contributed by atoms with Gasteiger partial charge in [0, 0.05) is 19.1 Å². The highest BCUT2D eigenvalue weighted by Crippen LogP contribution is 2.31. The molecule has 5 nitrogen and oxygen atoms in total. The van der Waals surface area contributed by atoms with Crippen molar-refractivity contribution in [3.63, 3.8) is 0 Å². The van der Waals surface area contributed by atoms with E-state index in [9.17, 15) is 21.2 Å². The van der Waals surface area contributed by atoms with E-state index >= 15 is 0 Å². The van der Waals surface area contributed by atoms with Gasteiger partial charge < -0.3 is 5.32 Å². The largest absolute Gasteiger partial charge is 0.316 e. The molecule has 1 aliphatic rings. The number of halogens is 1. The summed E-state index contributed by atoms with van der Waals surface area (Å²) in [6.07, 6.45) is 2.45. The van der Waals surface area contributed by atoms with Crippen molar-refractivity contribution in [3.05, 3.63) is 23.5 Å². The molecule has 2 rings (SSSR count). The van der Waals surface area contributed by atoms with Crippen LogP contribution in [0.1, 0.15) is 17.9 Å². The molecule has 1 unspecified atom stereocenters. The number of sulfone groups is 2. The van der Waals surface area contributed by atoms with Crippen molar-refractivity contribution in [3.8, 4) is 0 Å². The molecule has 1 saturated heterocycles. The number of nitrogens with one attached hydrogen (secondary N) is 1. The Morgan fingerprint density at radius 2 is 1.80 bits per heavy atom. The third-order valence-corrected chi connectivity index (χ3v) is 5.74. The Morgan fingerprint density at radius 1 is 1.15 bits per heavy atom. The zero-order chi connectivity index (χ0) is 15.1. The van der Waals surface area contributed by atoms with Gasteiger partial charge >= 0.3 is 0 Å². The molecule has 20 heavy (non-hydrogen) atoms. The first-order chi connectivity index (χ1) is 9.10. The van der Waals surface area contributed by atoms with Crippen LogP contribution in [0.3, 0.4) is 0 Å². The normalized spacial score (nSPS) is 20.2. The van der Waals surface area contributed by atoms with Crippen LogP contribution >= 0.6 is 0 Å². The number of hydrogen-bond donors (Lipinski definition) is 1. The topological polar surface area (TPSA) is 80.3 Å². The Kier molecular flexibility index (Phi) is 3.92. The molecule has 0 radical (unpaired) electrons. The smallest absolute Gasteiger partial charge is 0.179 e. The first kappa shape index (κ1) is 15.4. The van der Waals surface area contributed by atoms with Gasteiger partial charge in [-0.05, 0) is 36.6 Å². The van der Waals surface area contributed by atoms with Crippen LogP contribution in [-0.4, -0.2) is 42.4 Å². The molecule has 1 fully saturated rings. The first-order valence-corrected chi connectivity index (χ1v) is 9.83. The Morgan fingerprint density at radius 3 is 2.25 bits per heavy atom. The van der Waals surface area contributed by atoms with Gasteiger partial charge in [-0.1, -0.05) is 0 Å². The van der Waals surface area contributed by atoms with Crippen LogP contribution in [-0.2, 0) is 19.7 Å². The summed E-state index contributed by atoms with van der Waals surface area (Å²) >= 11 is 0. The highest BCUT2D eigenvalue weighted by Gasteiger charge is 2.28. The summed E-state index contributed by atoms with van der Waals surface area (Å²) in [7, 11) is -7.79. The summed E-state index contributed by atoms with van der Waals surface area (Å²) in [6.45, 7) is 1.40. The van der Waals surface area contributed by atoms with Crippen molar-refractivity contribution in [1.82, 2.24) is 5.32 Å². The van der Waals surface area contributed by atoms with Gasteiger partial charge in [-0.25, -0.2) is 21.2 Å². The minimum Gasteiger partial charge on any atom is -0.316 e. The van der Waals surface area contributed by atoms with Gasteiger partial charge in [-0.2, -0.15) is 0 Å². The lowest BCUT2D eigenvalue weighted by Gasteiger charge is -2.14. The maximum atomic E-state index is 14.1. The lowest BCUT2D eigenvalue weighted by atomic mass is 9.98. The van der Waals surface area contributed by atoms with Crippen LogP contribution < -0.4 is 5.32 Å². The summed E-state index contributed by atoms with van der Waals surface area (Å²) in [5, 5.41) is 3.10. The highest BCUT2D eigenvalue weighted by molar-refractivity contribution is 7.93. The number of rotatable bonds is 3. The first-order valence-electron chi connectivity index (χ1n) is 6.05. The Labute approximate surface area is 118 Å². The Bertz CT molecular complexity index is 735. The van der Waals surface area contributed by atoms with E-state index < -0.39 is 35.3 Å². The second-order valence-electron chi connectivity index (χ2n) is 5.06. The Balaban J connectivity index is 2.72. The van der Waals surface area contributed by atoms with Crippen molar-refractivity contribution in [2.75, 3.05) is 25.6 Å². The predicted octanol–water partition coefficient (Wildman–Crippen LogP) is 0.710. The molecule has 0 bridgehead atoms. The summed E-state index contributed by atoms with van der Waals surface area (Å²) in [5.74, 6) is -1.00. The predicted molar refractivity (Wildman–Crippen MR) is 72.8 cm³/mol. The second kappa shape index (κ2) is 5.09. The summed E-state index contributed by atoms with van der Waals surface area (Å²) in [5.41, 5.74) is 0.514. The number of hydrogen-bond acceptors (Lipinski definition) is 5. The van der Waals surface area contributed by atoms with E-state index in [-0.39, 0.29) is 5.92 Å². The van der Waals surface area contributed by atoms with Crippen molar-refractivity contribution >= 4 is 19.7 Å². The van der Waals surface area contributed by atoms with Gasteiger partial charge in [0.1, 0.15) is 10.7 Å². The molecule has 1 N–H and O–H groups in total. The molecule has 1 aromatic rings. The zero-order valence-corrected chi connectivity index (χ0v) is 12.8. The molecule has 0 aliphatic carbocycles. The molecule has 0 saturated carbocycles. The van der Waals surface area contributed by atoms with Crippen LogP contribution in [0.2, 0.25) is 0 Å². The molecule has 1 aromatic carbocycles. The second-order valence-corrected chi connectivity index (χ2v) is 9.00. The minimum atomic E-state index is -3.96. The highest BCUT2D eigenvalue weighted by atomic mass is 32.2. The maximum absolute atomic E-state index is 14.1. The summed E-state index contributed by atoms with van der Waals surface area (Å²) < 4.78 is 60.9. The quantitative estimate of drug-likeness (QED) is 0.887.